The van der Waals surface area contributed by atoms with Crippen LogP contribution in [0.1, 0.15) is 24.8 Å². The van der Waals surface area contributed by atoms with Crippen LogP contribution < -0.4 is 9.64 Å². The molecule has 2 aromatic rings. The van der Waals surface area contributed by atoms with Crippen LogP contribution in [0.4, 0.5) is 20.2 Å². The largest absolute Gasteiger partial charge is 0.427 e. The summed E-state index contributed by atoms with van der Waals surface area (Å²) >= 11 is 0. The van der Waals surface area contributed by atoms with Crippen molar-refractivity contribution in [3.8, 4) is 5.75 Å². The van der Waals surface area contributed by atoms with Gasteiger partial charge in [0.1, 0.15) is 11.9 Å². The number of nitro groups is 1. The Morgan fingerprint density at radius 3 is 2.85 bits per heavy atom. The average Bonchev–Trinajstić information content (AvgIpc) is 3.06. The second-order valence-electron chi connectivity index (χ2n) is 6.48. The number of nitrogens with zero attached hydrogens (tertiary/aromatic N) is 4. The molecule has 10 heteroatoms. The van der Waals surface area contributed by atoms with Crippen LogP contribution in [0.15, 0.2) is 30.6 Å². The number of piperidine rings is 1. The van der Waals surface area contributed by atoms with Gasteiger partial charge in [0.25, 0.3) is 0 Å². The van der Waals surface area contributed by atoms with Crippen LogP contribution in [0.3, 0.4) is 0 Å². The van der Waals surface area contributed by atoms with Crippen LogP contribution in [0, 0.1) is 16.0 Å². The number of alkyl halides is 2. The Balaban J connectivity index is 1.81. The van der Waals surface area contributed by atoms with E-state index in [0.29, 0.717) is 24.6 Å². The minimum Gasteiger partial charge on any atom is -0.427 e. The molecule has 1 saturated heterocycles. The molecule has 1 aromatic heterocycles. The second kappa shape index (κ2) is 7.87. The summed E-state index contributed by atoms with van der Waals surface area (Å²) in [6, 6.07) is 3.91. The van der Waals surface area contributed by atoms with Crippen molar-refractivity contribution in [2.45, 2.75) is 25.6 Å². The Bertz CT molecular complexity index is 814. The molecule has 2 unspecified atom stereocenters. The number of halogens is 2. The van der Waals surface area contributed by atoms with Gasteiger partial charge in [0, 0.05) is 56.3 Å². The van der Waals surface area contributed by atoms with E-state index in [1.807, 2.05) is 4.90 Å². The lowest BCUT2D eigenvalue weighted by molar-refractivity contribution is -0.386. The van der Waals surface area contributed by atoms with Gasteiger partial charge in [0.05, 0.1) is 4.92 Å². The van der Waals surface area contributed by atoms with Crippen molar-refractivity contribution in [2.75, 3.05) is 18.0 Å². The first kappa shape index (κ1) is 19.0. The van der Waals surface area contributed by atoms with Crippen molar-refractivity contribution in [3.05, 3.63) is 46.5 Å². The third kappa shape index (κ3) is 4.16. The summed E-state index contributed by atoms with van der Waals surface area (Å²) in [5, 5.41) is 21.7. The zero-order chi connectivity index (χ0) is 19.6. The molecule has 2 heterocycles. The Hall–Kier alpha value is -2.75. The van der Waals surface area contributed by atoms with Crippen LogP contribution >= 0.6 is 0 Å². The molecular weight excluding hydrogens is 362 g/mol. The van der Waals surface area contributed by atoms with E-state index in [-0.39, 0.29) is 5.92 Å². The lowest BCUT2D eigenvalue weighted by Gasteiger charge is -2.36. The number of nitro benzene ring substituents is 1. The predicted molar refractivity (Wildman–Crippen MR) is 92.8 cm³/mol. The molecule has 1 aliphatic rings. The minimum atomic E-state index is -3.15. The fraction of sp³-hybridized carbons (Fsp3) is 0.471. The van der Waals surface area contributed by atoms with Crippen LogP contribution in [0.2, 0.25) is 0 Å². The first-order valence-corrected chi connectivity index (χ1v) is 8.50. The molecule has 0 radical (unpaired) electrons. The smallest absolute Gasteiger partial charge is 0.387 e. The lowest BCUT2D eigenvalue weighted by Crippen LogP contribution is -2.38. The third-order valence-corrected chi connectivity index (χ3v) is 4.75. The molecule has 3 rings (SSSR count). The number of rotatable bonds is 6. The standard InChI is InChI=1S/C17H20F2N4O4/c1-21-8-6-20-16(21)15(24)11-3-2-7-22(10-11)12-4-5-13(23(25)26)14(9-12)27-17(18)19/h4-6,8-9,11,15,17,24H,2-3,7,10H2,1H3. The molecule has 0 spiro atoms. The predicted octanol–water partition coefficient (Wildman–Crippen LogP) is 2.88. The van der Waals surface area contributed by atoms with Crippen LogP contribution in [0.25, 0.3) is 0 Å². The Morgan fingerprint density at radius 1 is 1.44 bits per heavy atom. The molecule has 27 heavy (non-hydrogen) atoms. The number of aryl methyl sites for hydroxylation is 1. The molecule has 1 aromatic carbocycles. The number of aliphatic hydroxyl groups excluding tert-OH is 1. The van der Waals surface area contributed by atoms with E-state index in [1.54, 1.807) is 24.0 Å². The fourth-order valence-corrected chi connectivity index (χ4v) is 3.42. The van der Waals surface area contributed by atoms with Gasteiger partial charge in [-0.3, -0.25) is 10.1 Å². The number of aliphatic hydroxyl groups is 1. The summed E-state index contributed by atoms with van der Waals surface area (Å²) in [5.41, 5.74) is 0.0219. The molecule has 0 bridgehead atoms. The third-order valence-electron chi connectivity index (χ3n) is 4.75. The first-order valence-electron chi connectivity index (χ1n) is 8.50. The van der Waals surface area contributed by atoms with Crippen LogP contribution in [-0.4, -0.2) is 39.3 Å². The molecule has 1 N–H and O–H groups in total. The summed E-state index contributed by atoms with van der Waals surface area (Å²) in [7, 11) is 1.80. The fourth-order valence-electron chi connectivity index (χ4n) is 3.42. The van der Waals surface area contributed by atoms with Crippen molar-refractivity contribution < 1.29 is 23.5 Å². The van der Waals surface area contributed by atoms with Crippen molar-refractivity contribution in [3.63, 3.8) is 0 Å². The van der Waals surface area contributed by atoms with E-state index >= 15 is 0 Å². The summed E-state index contributed by atoms with van der Waals surface area (Å²) in [6.07, 6.45) is 4.18. The Labute approximate surface area is 154 Å². The maximum Gasteiger partial charge on any atom is 0.387 e. The van der Waals surface area contributed by atoms with Crippen molar-refractivity contribution in [1.82, 2.24) is 9.55 Å². The first-order chi connectivity index (χ1) is 12.9. The number of imidazole rings is 1. The van der Waals surface area contributed by atoms with Crippen molar-refractivity contribution >= 4 is 11.4 Å². The minimum absolute atomic E-state index is 0.102. The number of aromatic nitrogens is 2. The van der Waals surface area contributed by atoms with Gasteiger partial charge in [0.15, 0.2) is 0 Å². The van der Waals surface area contributed by atoms with Gasteiger partial charge in [-0.15, -0.1) is 0 Å². The summed E-state index contributed by atoms with van der Waals surface area (Å²) in [6.45, 7) is -2.03. The van der Waals surface area contributed by atoms with Gasteiger partial charge in [-0.1, -0.05) is 0 Å². The zero-order valence-corrected chi connectivity index (χ0v) is 14.7. The monoisotopic (exact) mass is 382 g/mol. The number of anilines is 1. The van der Waals surface area contributed by atoms with Gasteiger partial charge in [-0.25, -0.2) is 4.98 Å². The van der Waals surface area contributed by atoms with Gasteiger partial charge in [-0.05, 0) is 18.9 Å². The van der Waals surface area contributed by atoms with Crippen LogP contribution in [0.5, 0.6) is 5.75 Å². The van der Waals surface area contributed by atoms with Gasteiger partial charge < -0.3 is 19.3 Å². The van der Waals surface area contributed by atoms with Crippen molar-refractivity contribution in [2.24, 2.45) is 13.0 Å². The normalized spacial score (nSPS) is 18.6. The highest BCUT2D eigenvalue weighted by Crippen LogP contribution is 2.36. The SMILES string of the molecule is Cn1ccnc1C(O)C1CCCN(c2ccc([N+](=O)[O-])c(OC(F)F)c2)C1. The highest BCUT2D eigenvalue weighted by atomic mass is 19.3. The van der Waals surface area contributed by atoms with E-state index in [1.165, 1.54) is 12.1 Å². The lowest BCUT2D eigenvalue weighted by atomic mass is 9.91. The number of benzene rings is 1. The second-order valence-corrected chi connectivity index (χ2v) is 6.48. The molecular formula is C17H20F2N4O4. The molecule has 146 valence electrons. The maximum atomic E-state index is 12.6. The number of hydrogen-bond donors (Lipinski definition) is 1. The average molecular weight is 382 g/mol. The van der Waals surface area contributed by atoms with E-state index in [4.69, 9.17) is 0 Å². The molecule has 0 aliphatic carbocycles. The van der Waals surface area contributed by atoms with E-state index in [2.05, 4.69) is 9.72 Å². The Kier molecular flexibility index (Phi) is 5.54. The summed E-state index contributed by atoms with van der Waals surface area (Å²) in [4.78, 5) is 16.3. The van der Waals surface area contributed by atoms with Gasteiger partial charge in [-0.2, -0.15) is 8.78 Å². The number of ether oxygens (including phenoxy) is 1. The zero-order valence-electron chi connectivity index (χ0n) is 14.7. The molecule has 2 atom stereocenters. The van der Waals surface area contributed by atoms with E-state index in [0.717, 1.165) is 18.9 Å². The van der Waals surface area contributed by atoms with Gasteiger partial charge >= 0.3 is 12.3 Å². The maximum absolute atomic E-state index is 12.6. The quantitative estimate of drug-likeness (QED) is 0.610. The van der Waals surface area contributed by atoms with Crippen LogP contribution in [-0.2, 0) is 7.05 Å². The van der Waals surface area contributed by atoms with Crippen molar-refractivity contribution in [1.29, 1.82) is 0 Å². The number of hydrogen-bond acceptors (Lipinski definition) is 6. The van der Waals surface area contributed by atoms with E-state index < -0.39 is 29.1 Å². The molecule has 0 saturated carbocycles. The highest BCUT2D eigenvalue weighted by Gasteiger charge is 2.30. The molecule has 1 fully saturated rings. The molecule has 8 nitrogen and oxygen atoms in total. The Morgan fingerprint density at radius 2 is 2.22 bits per heavy atom. The molecule has 0 amide bonds. The summed E-state index contributed by atoms with van der Waals surface area (Å²) in [5.74, 6) is -0.0129. The van der Waals surface area contributed by atoms with E-state index in [9.17, 15) is 24.0 Å². The van der Waals surface area contributed by atoms with Gasteiger partial charge in [0.2, 0.25) is 5.75 Å². The summed E-state index contributed by atoms with van der Waals surface area (Å²) < 4.78 is 31.3. The molecule has 1 aliphatic heterocycles. The topological polar surface area (TPSA) is 93.7 Å². The highest BCUT2D eigenvalue weighted by molar-refractivity contribution is 5.59.